The van der Waals surface area contributed by atoms with Gasteiger partial charge in [0.2, 0.25) is 23.6 Å². The molecule has 0 aliphatic carbocycles. The lowest BCUT2D eigenvalue weighted by atomic mass is 9.96. The lowest BCUT2D eigenvalue weighted by Gasteiger charge is -2.39. The first-order chi connectivity index (χ1) is 21.4. The van der Waals surface area contributed by atoms with Gasteiger partial charge in [-0.1, -0.05) is 48.5 Å². The third-order valence-electron chi connectivity index (χ3n) is 9.00. The van der Waals surface area contributed by atoms with E-state index in [1.165, 1.54) is 4.90 Å². The maximum atomic E-state index is 14.2. The van der Waals surface area contributed by atoms with Crippen molar-refractivity contribution in [2.45, 2.75) is 69.5 Å². The van der Waals surface area contributed by atoms with Crippen molar-refractivity contribution in [1.82, 2.24) is 25.0 Å². The second-order valence-corrected chi connectivity index (χ2v) is 12.2. The van der Waals surface area contributed by atoms with Crippen LogP contribution < -0.4 is 5.32 Å². The van der Waals surface area contributed by atoms with Crippen LogP contribution in [0, 0.1) is 0 Å². The Labute approximate surface area is 263 Å². The summed E-state index contributed by atoms with van der Waals surface area (Å²) < 4.78 is 0. The van der Waals surface area contributed by atoms with Gasteiger partial charge in [-0.3, -0.25) is 19.2 Å². The van der Waals surface area contributed by atoms with Crippen LogP contribution in [0.15, 0.2) is 60.8 Å². The maximum absolute atomic E-state index is 14.2. The minimum Gasteiger partial charge on any atom is -0.361 e. The molecule has 3 atom stereocenters. The molecular formula is C34H42ClN5O4. The number of nitrogens with zero attached hydrogens (tertiary/aromatic N) is 3. The molecule has 0 saturated carbocycles. The van der Waals surface area contributed by atoms with Gasteiger partial charge in [0.25, 0.3) is 0 Å². The third kappa shape index (κ3) is 7.26. The van der Waals surface area contributed by atoms with Gasteiger partial charge in [-0.15, -0.1) is 11.6 Å². The molecule has 5 rings (SSSR count). The monoisotopic (exact) mass is 619 g/mol. The number of piperidine rings is 2. The van der Waals surface area contributed by atoms with E-state index in [2.05, 4.69) is 10.3 Å². The molecule has 4 amide bonds. The highest BCUT2D eigenvalue weighted by Crippen LogP contribution is 2.24. The molecule has 0 radical (unpaired) electrons. The Hall–Kier alpha value is -3.85. The summed E-state index contributed by atoms with van der Waals surface area (Å²) in [4.78, 5) is 62.9. The van der Waals surface area contributed by atoms with Crippen molar-refractivity contribution in [3.8, 4) is 0 Å². The number of benzene rings is 2. The Morgan fingerprint density at radius 1 is 0.909 bits per heavy atom. The Morgan fingerprint density at radius 3 is 2.36 bits per heavy atom. The summed E-state index contributed by atoms with van der Waals surface area (Å²) in [7, 11) is 1.59. The predicted octanol–water partition coefficient (Wildman–Crippen LogP) is 3.90. The molecular weight excluding hydrogens is 578 g/mol. The second kappa shape index (κ2) is 14.8. The molecule has 9 nitrogen and oxygen atoms in total. The summed E-state index contributed by atoms with van der Waals surface area (Å²) in [6, 6.07) is 15.1. The van der Waals surface area contributed by atoms with E-state index >= 15 is 0 Å². The van der Waals surface area contributed by atoms with Gasteiger partial charge >= 0.3 is 0 Å². The lowest BCUT2D eigenvalue weighted by molar-refractivity contribution is -0.150. The summed E-state index contributed by atoms with van der Waals surface area (Å²) >= 11 is 5.89. The van der Waals surface area contributed by atoms with E-state index in [1.807, 2.05) is 65.7 Å². The highest BCUT2D eigenvalue weighted by Gasteiger charge is 2.39. The van der Waals surface area contributed by atoms with Crippen LogP contribution in [0.3, 0.4) is 0 Å². The molecule has 10 heteroatoms. The average Bonchev–Trinajstić information content (AvgIpc) is 3.49. The number of H-pyrrole nitrogens is 1. The molecule has 2 unspecified atom stereocenters. The number of alkyl halides is 1. The number of hydrogen-bond acceptors (Lipinski definition) is 4. The fraction of sp³-hybridized carbons (Fsp3) is 0.471. The molecule has 44 heavy (non-hydrogen) atoms. The first-order valence-electron chi connectivity index (χ1n) is 15.7. The quantitative estimate of drug-likeness (QED) is 0.336. The third-order valence-corrected chi connectivity index (χ3v) is 9.23. The number of nitrogens with one attached hydrogen (secondary N) is 2. The molecule has 3 aromatic rings. The van der Waals surface area contributed by atoms with Gasteiger partial charge in [-0.05, 0) is 55.7 Å². The minimum absolute atomic E-state index is 0.0913. The van der Waals surface area contributed by atoms with Crippen LogP contribution >= 0.6 is 11.6 Å². The topological polar surface area (TPSA) is 106 Å². The van der Waals surface area contributed by atoms with E-state index in [-0.39, 0.29) is 29.5 Å². The molecule has 2 saturated heterocycles. The molecule has 0 spiro atoms. The number of rotatable bonds is 10. The highest BCUT2D eigenvalue weighted by molar-refractivity contribution is 6.27. The number of hydrogen-bond donors (Lipinski definition) is 2. The number of aromatic amines is 1. The maximum Gasteiger partial charge on any atom is 0.246 e. The molecule has 234 valence electrons. The number of halogens is 1. The number of fused-ring (bicyclic) bond motifs is 1. The normalized spacial score (nSPS) is 18.5. The van der Waals surface area contributed by atoms with Crippen molar-refractivity contribution in [1.29, 1.82) is 0 Å². The SMILES string of the molecule is CN(C(=O)CCl)C(Cc1ccccc1)C(=O)N1CCCC[C@H]1C(=O)NC(Cc1c[nH]c2ccccc12)C(=O)N1CCCCC1. The number of amides is 4. The highest BCUT2D eigenvalue weighted by atomic mass is 35.5. The van der Waals surface area contributed by atoms with Gasteiger partial charge in [0.05, 0.1) is 0 Å². The molecule has 2 aromatic carbocycles. The van der Waals surface area contributed by atoms with Crippen molar-refractivity contribution in [2.24, 2.45) is 0 Å². The van der Waals surface area contributed by atoms with Gasteiger partial charge in [0.1, 0.15) is 24.0 Å². The number of carbonyl (C=O) groups excluding carboxylic acids is 4. The van der Waals surface area contributed by atoms with Gasteiger partial charge in [0.15, 0.2) is 0 Å². The van der Waals surface area contributed by atoms with Gasteiger partial charge in [-0.25, -0.2) is 0 Å². The van der Waals surface area contributed by atoms with Crippen LogP contribution in [-0.2, 0) is 32.0 Å². The minimum atomic E-state index is -0.811. The first kappa shape index (κ1) is 31.6. The summed E-state index contributed by atoms with van der Waals surface area (Å²) in [6.45, 7) is 1.75. The van der Waals surface area contributed by atoms with Crippen LogP contribution in [0.1, 0.15) is 49.7 Å². The fourth-order valence-electron chi connectivity index (χ4n) is 6.48. The van der Waals surface area contributed by atoms with E-state index in [4.69, 9.17) is 11.6 Å². The lowest BCUT2D eigenvalue weighted by Crippen LogP contribution is -2.60. The molecule has 2 aliphatic rings. The van der Waals surface area contributed by atoms with Crippen LogP contribution in [0.2, 0.25) is 0 Å². The van der Waals surface area contributed by atoms with E-state index in [0.717, 1.165) is 54.1 Å². The van der Waals surface area contributed by atoms with E-state index < -0.39 is 18.1 Å². The Balaban J connectivity index is 1.39. The van der Waals surface area contributed by atoms with Crippen molar-refractivity contribution in [3.05, 3.63) is 71.9 Å². The predicted molar refractivity (Wildman–Crippen MR) is 171 cm³/mol. The standard InChI is InChI=1S/C34H42ClN5O4/c1-38(31(41)22-35)30(20-24-12-4-2-5-13-24)34(44)40-19-11-8-16-29(40)32(42)37-28(33(43)39-17-9-3-10-18-39)21-25-23-36-27-15-7-6-14-26(25)27/h2,4-7,12-15,23,28-30,36H,3,8-11,16-22H2,1H3,(H,37,42)/t28?,29-,30?/m0/s1. The molecule has 0 bridgehead atoms. The zero-order chi connectivity index (χ0) is 31.1. The summed E-state index contributed by atoms with van der Waals surface area (Å²) in [5.74, 6) is -1.31. The first-order valence-corrected chi connectivity index (χ1v) is 16.2. The van der Waals surface area contributed by atoms with Gasteiger partial charge < -0.3 is 25.0 Å². The van der Waals surface area contributed by atoms with Crippen molar-refractivity contribution in [3.63, 3.8) is 0 Å². The molecule has 2 N–H and O–H groups in total. The number of likely N-dealkylation sites (tertiary alicyclic amines) is 2. The molecule has 2 aliphatic heterocycles. The molecule has 2 fully saturated rings. The number of likely N-dealkylation sites (N-methyl/N-ethyl adjacent to an activating group) is 1. The zero-order valence-corrected chi connectivity index (χ0v) is 26.1. The van der Waals surface area contributed by atoms with Crippen molar-refractivity contribution < 1.29 is 19.2 Å². The van der Waals surface area contributed by atoms with Crippen LogP contribution in [0.25, 0.3) is 10.9 Å². The van der Waals surface area contributed by atoms with Crippen LogP contribution in [0.4, 0.5) is 0 Å². The Bertz CT molecular complexity index is 1450. The van der Waals surface area contributed by atoms with Crippen molar-refractivity contribution >= 4 is 46.1 Å². The zero-order valence-electron chi connectivity index (χ0n) is 25.3. The average molecular weight is 620 g/mol. The smallest absolute Gasteiger partial charge is 0.246 e. The second-order valence-electron chi connectivity index (χ2n) is 11.9. The number of para-hydroxylation sites is 1. The molecule has 3 heterocycles. The van der Waals surface area contributed by atoms with Crippen LogP contribution in [0.5, 0.6) is 0 Å². The Morgan fingerprint density at radius 2 is 1.61 bits per heavy atom. The van der Waals surface area contributed by atoms with E-state index in [1.54, 1.807) is 11.9 Å². The summed E-state index contributed by atoms with van der Waals surface area (Å²) in [6.07, 6.45) is 7.57. The van der Waals surface area contributed by atoms with E-state index in [0.29, 0.717) is 38.9 Å². The number of aromatic nitrogens is 1. The summed E-state index contributed by atoms with van der Waals surface area (Å²) in [5, 5.41) is 4.10. The van der Waals surface area contributed by atoms with E-state index in [9.17, 15) is 19.2 Å². The summed E-state index contributed by atoms with van der Waals surface area (Å²) in [5.41, 5.74) is 2.84. The van der Waals surface area contributed by atoms with Gasteiger partial charge in [0, 0.05) is 56.6 Å². The molecule has 1 aromatic heterocycles. The fourth-order valence-corrected chi connectivity index (χ4v) is 6.67. The Kier molecular flexibility index (Phi) is 10.6. The number of carbonyl (C=O) groups is 4. The van der Waals surface area contributed by atoms with Gasteiger partial charge in [-0.2, -0.15) is 0 Å². The van der Waals surface area contributed by atoms with Crippen molar-refractivity contribution in [2.75, 3.05) is 32.6 Å². The van der Waals surface area contributed by atoms with Crippen LogP contribution in [-0.4, -0.2) is 94.0 Å². The largest absolute Gasteiger partial charge is 0.361 e.